The molecule has 0 aliphatic carbocycles. The highest BCUT2D eigenvalue weighted by Crippen LogP contribution is 2.34. The number of hydrogen-bond donors (Lipinski definition) is 1. The van der Waals surface area contributed by atoms with Crippen LogP contribution in [0.15, 0.2) is 133 Å². The molecule has 5 nitrogen and oxygen atoms in total. The summed E-state index contributed by atoms with van der Waals surface area (Å²) in [5.41, 5.74) is 7.28. The van der Waals surface area contributed by atoms with E-state index in [4.69, 9.17) is 19.9 Å². The molecule has 8 rings (SSSR count). The lowest BCUT2D eigenvalue weighted by molar-refractivity contribution is 1.07. The molecule has 0 aliphatic heterocycles. The second-order valence-electron chi connectivity index (χ2n) is 10.1. The van der Waals surface area contributed by atoms with Gasteiger partial charge in [0.1, 0.15) is 10.7 Å². The highest BCUT2D eigenvalue weighted by Gasteiger charge is 2.13. The van der Waals surface area contributed by atoms with Gasteiger partial charge in [0, 0.05) is 32.3 Å². The van der Waals surface area contributed by atoms with Gasteiger partial charge in [0.25, 0.3) is 0 Å². The SMILES string of the molecule is c1ccc(-c2nc(-c3ccccc3)nc(-c3ccc(-c4ccc(-c5nc6sc7ccccc7c6[nH]5)cc4)cc3)n2)cc1. The van der Waals surface area contributed by atoms with E-state index in [-0.39, 0.29) is 0 Å². The van der Waals surface area contributed by atoms with E-state index in [9.17, 15) is 0 Å². The molecule has 3 aromatic heterocycles. The Labute approximate surface area is 246 Å². The molecule has 42 heavy (non-hydrogen) atoms. The lowest BCUT2D eigenvalue weighted by Gasteiger charge is -2.09. The molecule has 3 heterocycles. The van der Waals surface area contributed by atoms with Gasteiger partial charge in [-0.2, -0.15) is 0 Å². The number of rotatable bonds is 5. The van der Waals surface area contributed by atoms with Gasteiger partial charge in [0.2, 0.25) is 0 Å². The largest absolute Gasteiger partial charge is 0.337 e. The molecule has 0 bridgehead atoms. The zero-order valence-electron chi connectivity index (χ0n) is 22.4. The van der Waals surface area contributed by atoms with E-state index >= 15 is 0 Å². The Balaban J connectivity index is 1.10. The van der Waals surface area contributed by atoms with Crippen LogP contribution in [-0.4, -0.2) is 24.9 Å². The van der Waals surface area contributed by atoms with Crippen molar-refractivity contribution < 1.29 is 0 Å². The zero-order valence-corrected chi connectivity index (χ0v) is 23.2. The van der Waals surface area contributed by atoms with E-state index in [0.29, 0.717) is 17.5 Å². The lowest BCUT2D eigenvalue weighted by atomic mass is 10.0. The molecule has 0 radical (unpaired) electrons. The molecule has 0 unspecified atom stereocenters. The molecular formula is C36H23N5S. The number of nitrogens with zero attached hydrogens (tertiary/aromatic N) is 4. The molecule has 198 valence electrons. The number of hydrogen-bond acceptors (Lipinski definition) is 5. The van der Waals surface area contributed by atoms with Crippen molar-refractivity contribution in [3.05, 3.63) is 133 Å². The number of thiophene rings is 1. The second kappa shape index (κ2) is 10.2. The Morgan fingerprint density at radius 3 is 1.43 bits per heavy atom. The van der Waals surface area contributed by atoms with Gasteiger partial charge in [-0.05, 0) is 17.2 Å². The van der Waals surface area contributed by atoms with E-state index in [1.807, 2.05) is 60.7 Å². The molecular weight excluding hydrogens is 534 g/mol. The molecule has 6 heteroatoms. The maximum Gasteiger partial charge on any atom is 0.164 e. The van der Waals surface area contributed by atoms with E-state index < -0.39 is 0 Å². The molecule has 8 aromatic rings. The number of aromatic amines is 1. The minimum atomic E-state index is 0.648. The highest BCUT2D eigenvalue weighted by atomic mass is 32.1. The van der Waals surface area contributed by atoms with Crippen molar-refractivity contribution in [2.45, 2.75) is 0 Å². The minimum absolute atomic E-state index is 0.648. The number of fused-ring (bicyclic) bond motifs is 3. The average Bonchev–Trinajstić information content (AvgIpc) is 3.64. The quantitative estimate of drug-likeness (QED) is 0.229. The van der Waals surface area contributed by atoms with Crippen LogP contribution < -0.4 is 0 Å². The summed E-state index contributed by atoms with van der Waals surface area (Å²) >= 11 is 1.72. The third-order valence-electron chi connectivity index (χ3n) is 7.37. The van der Waals surface area contributed by atoms with Crippen molar-refractivity contribution in [2.24, 2.45) is 0 Å². The monoisotopic (exact) mass is 557 g/mol. The van der Waals surface area contributed by atoms with Gasteiger partial charge in [-0.15, -0.1) is 11.3 Å². The smallest absolute Gasteiger partial charge is 0.164 e. The van der Waals surface area contributed by atoms with Crippen molar-refractivity contribution in [3.8, 4) is 56.7 Å². The van der Waals surface area contributed by atoms with Gasteiger partial charge >= 0.3 is 0 Å². The van der Waals surface area contributed by atoms with Crippen molar-refractivity contribution in [2.75, 3.05) is 0 Å². The highest BCUT2D eigenvalue weighted by molar-refractivity contribution is 7.25. The molecule has 0 saturated heterocycles. The summed E-state index contributed by atoms with van der Waals surface area (Å²) in [4.78, 5) is 23.9. The van der Waals surface area contributed by atoms with Crippen molar-refractivity contribution in [3.63, 3.8) is 0 Å². The Morgan fingerprint density at radius 2 is 0.857 bits per heavy atom. The summed E-state index contributed by atoms with van der Waals surface area (Å²) in [7, 11) is 0. The van der Waals surface area contributed by atoms with Crippen LogP contribution in [0.5, 0.6) is 0 Å². The van der Waals surface area contributed by atoms with Gasteiger partial charge < -0.3 is 4.98 Å². The maximum atomic E-state index is 4.87. The number of benzene rings is 5. The van der Waals surface area contributed by atoms with Crippen LogP contribution in [0.4, 0.5) is 0 Å². The van der Waals surface area contributed by atoms with Gasteiger partial charge in [0.15, 0.2) is 17.5 Å². The fourth-order valence-electron chi connectivity index (χ4n) is 5.19. The third kappa shape index (κ3) is 4.44. The number of imidazole rings is 1. The summed E-state index contributed by atoms with van der Waals surface area (Å²) in [6.07, 6.45) is 0. The Kier molecular flexibility index (Phi) is 5.90. The van der Waals surface area contributed by atoms with Crippen LogP contribution in [0.3, 0.4) is 0 Å². The first-order chi connectivity index (χ1) is 20.8. The fourth-order valence-corrected chi connectivity index (χ4v) is 6.22. The van der Waals surface area contributed by atoms with Crippen molar-refractivity contribution >= 4 is 31.8 Å². The number of H-pyrrole nitrogens is 1. The number of aromatic nitrogens is 5. The van der Waals surface area contributed by atoms with E-state index in [1.54, 1.807) is 11.3 Å². The van der Waals surface area contributed by atoms with Gasteiger partial charge in [-0.3, -0.25) is 0 Å². The summed E-state index contributed by atoms with van der Waals surface area (Å²) in [5, 5.41) is 1.22. The minimum Gasteiger partial charge on any atom is -0.337 e. The molecule has 0 aliphatic rings. The number of nitrogens with one attached hydrogen (secondary N) is 1. The predicted molar refractivity (Wildman–Crippen MR) is 172 cm³/mol. The van der Waals surface area contributed by atoms with Gasteiger partial charge in [-0.25, -0.2) is 19.9 Å². The molecule has 5 aromatic carbocycles. The van der Waals surface area contributed by atoms with Gasteiger partial charge in [-0.1, -0.05) is 127 Å². The second-order valence-corrected chi connectivity index (χ2v) is 11.1. The first-order valence-electron chi connectivity index (χ1n) is 13.7. The molecule has 0 amide bonds. The Hall–Kier alpha value is -5.46. The molecule has 1 N–H and O–H groups in total. The van der Waals surface area contributed by atoms with E-state index in [0.717, 1.165) is 49.6 Å². The van der Waals surface area contributed by atoms with Crippen molar-refractivity contribution in [1.29, 1.82) is 0 Å². The summed E-state index contributed by atoms with van der Waals surface area (Å²) < 4.78 is 1.25. The molecule has 0 fully saturated rings. The van der Waals surface area contributed by atoms with Crippen LogP contribution in [0, 0.1) is 0 Å². The normalized spacial score (nSPS) is 11.3. The maximum absolute atomic E-state index is 4.87. The fraction of sp³-hybridized carbons (Fsp3) is 0. The molecule has 0 saturated carbocycles. The van der Waals surface area contributed by atoms with Crippen molar-refractivity contribution in [1.82, 2.24) is 24.9 Å². The average molecular weight is 558 g/mol. The predicted octanol–water partition coefficient (Wildman–Crippen LogP) is 9.30. The third-order valence-corrected chi connectivity index (χ3v) is 8.43. The van der Waals surface area contributed by atoms with Crippen LogP contribution in [0.2, 0.25) is 0 Å². The Bertz CT molecular complexity index is 2110. The summed E-state index contributed by atoms with van der Waals surface area (Å²) in [6.45, 7) is 0. The molecule has 0 atom stereocenters. The van der Waals surface area contributed by atoms with E-state index in [1.165, 1.54) is 10.1 Å². The zero-order chi connectivity index (χ0) is 27.9. The van der Waals surface area contributed by atoms with Crippen LogP contribution in [-0.2, 0) is 0 Å². The van der Waals surface area contributed by atoms with Crippen LogP contribution in [0.25, 0.3) is 77.1 Å². The van der Waals surface area contributed by atoms with Crippen LogP contribution in [0.1, 0.15) is 0 Å². The lowest BCUT2D eigenvalue weighted by Crippen LogP contribution is -2.00. The molecule has 0 spiro atoms. The van der Waals surface area contributed by atoms with E-state index in [2.05, 4.69) is 77.8 Å². The Morgan fingerprint density at radius 1 is 0.405 bits per heavy atom. The summed E-state index contributed by atoms with van der Waals surface area (Å²) in [6, 6.07) is 45.4. The first-order valence-corrected chi connectivity index (χ1v) is 14.6. The first kappa shape index (κ1) is 24.3. The topological polar surface area (TPSA) is 67.3 Å². The summed E-state index contributed by atoms with van der Waals surface area (Å²) in [5.74, 6) is 2.85. The van der Waals surface area contributed by atoms with Crippen LogP contribution >= 0.6 is 11.3 Å². The standard InChI is InChI=1S/C36H23N5S/c1-3-9-25(10-4-1)33-38-34(26-11-5-2-6-12-26)40-35(39-33)28-21-17-24(18-22-28)23-15-19-27(20-16-23)32-37-31-29-13-7-8-14-30(29)42-36(31)41-32/h1-22H,(H,37,41). The van der Waals surface area contributed by atoms with Gasteiger partial charge in [0.05, 0.1) is 5.52 Å².